The van der Waals surface area contributed by atoms with Gasteiger partial charge in [-0.05, 0) is 38.5 Å². The lowest BCUT2D eigenvalue weighted by molar-refractivity contribution is 0.0832. The van der Waals surface area contributed by atoms with Crippen molar-refractivity contribution in [3.8, 4) is 0 Å². The van der Waals surface area contributed by atoms with Crippen molar-refractivity contribution in [1.82, 2.24) is 15.4 Å². The molecule has 5 nitrogen and oxygen atoms in total. The predicted molar refractivity (Wildman–Crippen MR) is 109 cm³/mol. The molecule has 1 saturated carbocycles. The second-order valence-electron chi connectivity index (χ2n) is 7.57. The highest BCUT2D eigenvalue weighted by Crippen LogP contribution is 2.45. The van der Waals surface area contributed by atoms with E-state index >= 15 is 0 Å². The molecule has 1 aliphatic carbocycles. The average Bonchev–Trinajstić information content (AvgIpc) is 3.06. The van der Waals surface area contributed by atoms with Crippen LogP contribution in [-0.4, -0.2) is 29.2 Å². The molecule has 0 bridgehead atoms. The van der Waals surface area contributed by atoms with Crippen molar-refractivity contribution in [3.05, 3.63) is 52.8 Å². The summed E-state index contributed by atoms with van der Waals surface area (Å²) in [5, 5.41) is 4.03. The Bertz CT molecular complexity index is 882. The number of ether oxygens (including phenoxy) is 1. The monoisotopic (exact) mass is 364 g/mol. The summed E-state index contributed by atoms with van der Waals surface area (Å²) in [4.78, 5) is 9.77. The quantitative estimate of drug-likeness (QED) is 0.813. The van der Waals surface area contributed by atoms with Crippen LogP contribution in [0.3, 0.4) is 0 Å². The second kappa shape index (κ2) is 7.69. The first-order valence-corrected chi connectivity index (χ1v) is 9.85. The van der Waals surface area contributed by atoms with Crippen LogP contribution in [0.2, 0.25) is 0 Å². The van der Waals surface area contributed by atoms with Gasteiger partial charge in [0.15, 0.2) is 5.82 Å². The minimum Gasteiger partial charge on any atom is -0.381 e. The molecule has 142 valence electrons. The molecule has 5 heteroatoms. The van der Waals surface area contributed by atoms with E-state index in [1.165, 1.54) is 12.0 Å². The number of nitrogens with zero attached hydrogens (tertiary/aromatic N) is 3. The average molecular weight is 364 g/mol. The number of anilines is 1. The number of nitrogens with one attached hydrogen (secondary N) is 1. The van der Waals surface area contributed by atoms with Gasteiger partial charge < -0.3 is 10.2 Å². The second-order valence-corrected chi connectivity index (χ2v) is 7.57. The van der Waals surface area contributed by atoms with Gasteiger partial charge in [0.25, 0.3) is 0 Å². The first-order valence-electron chi connectivity index (χ1n) is 9.85. The molecule has 1 saturated heterocycles. The van der Waals surface area contributed by atoms with Crippen LogP contribution in [0, 0.1) is 5.92 Å². The van der Waals surface area contributed by atoms with E-state index in [-0.39, 0.29) is 0 Å². The SMILES string of the molecule is C=C/C=C\C=C(/C)C1CCC1c1nc2c(c(=C)n1)=CNN2C1CCOCC1. The van der Waals surface area contributed by atoms with Crippen molar-refractivity contribution >= 4 is 18.6 Å². The molecular formula is C22H28N4O. The van der Waals surface area contributed by atoms with Gasteiger partial charge in [-0.2, -0.15) is 0 Å². The van der Waals surface area contributed by atoms with Crippen LogP contribution in [0.5, 0.6) is 0 Å². The van der Waals surface area contributed by atoms with Gasteiger partial charge in [0.1, 0.15) is 5.82 Å². The zero-order valence-corrected chi connectivity index (χ0v) is 16.0. The third-order valence-electron chi connectivity index (χ3n) is 5.95. The third kappa shape index (κ3) is 3.44. The first-order chi connectivity index (χ1) is 13.2. The lowest BCUT2D eigenvalue weighted by Crippen LogP contribution is -2.46. The van der Waals surface area contributed by atoms with E-state index in [1.807, 2.05) is 12.3 Å². The Hall–Kier alpha value is -2.40. The Balaban J connectivity index is 1.60. The Labute approximate surface area is 160 Å². The fourth-order valence-electron chi connectivity index (χ4n) is 4.20. The van der Waals surface area contributed by atoms with Crippen LogP contribution in [-0.2, 0) is 4.74 Å². The minimum absolute atomic E-state index is 0.376. The van der Waals surface area contributed by atoms with Gasteiger partial charge in [0.05, 0.1) is 16.6 Å². The molecule has 1 aromatic heterocycles. The molecule has 0 aromatic carbocycles. The third-order valence-corrected chi connectivity index (χ3v) is 5.95. The molecule has 27 heavy (non-hydrogen) atoms. The lowest BCUT2D eigenvalue weighted by Gasteiger charge is -2.37. The summed E-state index contributed by atoms with van der Waals surface area (Å²) in [6.45, 7) is 11.7. The van der Waals surface area contributed by atoms with E-state index in [0.29, 0.717) is 17.9 Å². The highest BCUT2D eigenvalue weighted by molar-refractivity contribution is 5.52. The van der Waals surface area contributed by atoms with Crippen LogP contribution in [0.15, 0.2) is 36.5 Å². The van der Waals surface area contributed by atoms with E-state index in [1.54, 1.807) is 6.08 Å². The van der Waals surface area contributed by atoms with E-state index in [2.05, 4.69) is 42.7 Å². The Kier molecular flexibility index (Phi) is 5.12. The summed E-state index contributed by atoms with van der Waals surface area (Å²) in [7, 11) is 0. The zero-order chi connectivity index (χ0) is 18.8. The number of hydrogen-bond acceptors (Lipinski definition) is 5. The normalized spacial score (nSPS) is 25.7. The van der Waals surface area contributed by atoms with E-state index in [9.17, 15) is 0 Å². The van der Waals surface area contributed by atoms with Gasteiger partial charge in [-0.15, -0.1) is 0 Å². The predicted octanol–water partition coefficient (Wildman–Crippen LogP) is 2.31. The topological polar surface area (TPSA) is 50.3 Å². The molecule has 3 heterocycles. The van der Waals surface area contributed by atoms with Crippen LogP contribution in [0.1, 0.15) is 44.3 Å². The molecule has 0 radical (unpaired) electrons. The maximum absolute atomic E-state index is 5.51. The van der Waals surface area contributed by atoms with Crippen molar-refractivity contribution in [2.75, 3.05) is 18.2 Å². The fourth-order valence-corrected chi connectivity index (χ4v) is 4.20. The van der Waals surface area contributed by atoms with Gasteiger partial charge in [-0.25, -0.2) is 9.97 Å². The minimum atomic E-state index is 0.376. The summed E-state index contributed by atoms with van der Waals surface area (Å²) in [5.74, 6) is 2.80. The maximum atomic E-state index is 5.51. The molecule has 2 aliphatic heterocycles. The van der Waals surface area contributed by atoms with Crippen LogP contribution in [0.4, 0.5) is 5.82 Å². The summed E-state index contributed by atoms with van der Waals surface area (Å²) in [5.41, 5.74) is 4.76. The summed E-state index contributed by atoms with van der Waals surface area (Å²) < 4.78 is 5.51. The number of hydrazine groups is 1. The van der Waals surface area contributed by atoms with E-state index in [0.717, 1.165) is 54.7 Å². The molecule has 1 aromatic rings. The Morgan fingerprint density at radius 2 is 2.04 bits per heavy atom. The fraction of sp³-hybridized carbons (Fsp3) is 0.455. The standard InChI is InChI=1S/C22H28N4O/c1-4-5-6-7-15(2)18-8-9-19(18)21-24-16(3)20-14-23-26(22(20)25-21)17-10-12-27-13-11-17/h4-7,14,17-19,23H,1,3,8-13H2,2H3/b6-5-,15-7+. The van der Waals surface area contributed by atoms with Crippen molar-refractivity contribution in [3.63, 3.8) is 0 Å². The molecule has 2 atom stereocenters. The lowest BCUT2D eigenvalue weighted by atomic mass is 9.69. The molecule has 3 aliphatic rings. The number of aromatic nitrogens is 2. The van der Waals surface area contributed by atoms with Gasteiger partial charge in [-0.3, -0.25) is 5.01 Å². The van der Waals surface area contributed by atoms with Crippen LogP contribution >= 0.6 is 0 Å². The molecule has 1 N–H and O–H groups in total. The number of hydrogen-bond donors (Lipinski definition) is 1. The van der Waals surface area contributed by atoms with Crippen LogP contribution in [0.25, 0.3) is 12.8 Å². The number of rotatable bonds is 5. The summed E-state index contributed by atoms with van der Waals surface area (Å²) in [6, 6.07) is 0.404. The number of allylic oxidation sites excluding steroid dienone is 5. The molecule has 2 unspecified atom stereocenters. The van der Waals surface area contributed by atoms with E-state index < -0.39 is 0 Å². The van der Waals surface area contributed by atoms with Gasteiger partial charge >= 0.3 is 0 Å². The Morgan fingerprint density at radius 3 is 2.74 bits per heavy atom. The number of fused-ring (bicyclic) bond motifs is 1. The summed E-state index contributed by atoms with van der Waals surface area (Å²) >= 11 is 0. The first kappa shape index (κ1) is 18.0. The van der Waals surface area contributed by atoms with E-state index in [4.69, 9.17) is 14.7 Å². The smallest absolute Gasteiger partial charge is 0.160 e. The van der Waals surface area contributed by atoms with Gasteiger partial charge in [0.2, 0.25) is 0 Å². The Morgan fingerprint density at radius 1 is 1.22 bits per heavy atom. The molecule has 2 fully saturated rings. The van der Waals surface area contributed by atoms with Gasteiger partial charge in [0, 0.05) is 25.3 Å². The van der Waals surface area contributed by atoms with Crippen molar-refractivity contribution in [2.24, 2.45) is 5.92 Å². The molecular weight excluding hydrogens is 336 g/mol. The van der Waals surface area contributed by atoms with Crippen molar-refractivity contribution < 1.29 is 4.74 Å². The zero-order valence-electron chi connectivity index (χ0n) is 16.0. The van der Waals surface area contributed by atoms with Crippen molar-refractivity contribution in [1.29, 1.82) is 0 Å². The molecule has 0 spiro atoms. The van der Waals surface area contributed by atoms with Crippen LogP contribution < -0.4 is 21.0 Å². The summed E-state index contributed by atoms with van der Waals surface area (Å²) in [6.07, 6.45) is 14.3. The maximum Gasteiger partial charge on any atom is 0.160 e. The highest BCUT2D eigenvalue weighted by Gasteiger charge is 2.36. The molecule has 4 rings (SSSR count). The van der Waals surface area contributed by atoms with Gasteiger partial charge in [-0.1, -0.05) is 43.0 Å². The largest absolute Gasteiger partial charge is 0.381 e. The highest BCUT2D eigenvalue weighted by atomic mass is 16.5. The molecule has 0 amide bonds. The van der Waals surface area contributed by atoms with Crippen molar-refractivity contribution in [2.45, 2.75) is 44.6 Å².